The third-order valence-corrected chi connectivity index (χ3v) is 3.58. The van der Waals surface area contributed by atoms with Gasteiger partial charge < -0.3 is 10.5 Å². The standard InChI is InChI=1S/C15H25ClN2O/c1-4-9-18(10-5-2)13(11-17)15-12(16)7-6-8-14(15)19-3/h6-8,13H,4-5,9-11,17H2,1-3H3. The van der Waals surface area contributed by atoms with Crippen molar-refractivity contribution in [2.24, 2.45) is 5.73 Å². The van der Waals surface area contributed by atoms with Crippen LogP contribution in [0.1, 0.15) is 38.3 Å². The Morgan fingerprint density at radius 2 is 1.89 bits per heavy atom. The minimum absolute atomic E-state index is 0.114. The quantitative estimate of drug-likeness (QED) is 0.794. The van der Waals surface area contributed by atoms with Crippen LogP contribution in [0.5, 0.6) is 5.75 Å². The fourth-order valence-electron chi connectivity index (χ4n) is 2.47. The predicted octanol–water partition coefficient (Wildman–Crippen LogP) is 3.47. The third-order valence-electron chi connectivity index (χ3n) is 3.25. The number of hydrogen-bond acceptors (Lipinski definition) is 3. The fourth-order valence-corrected chi connectivity index (χ4v) is 2.76. The van der Waals surface area contributed by atoms with Gasteiger partial charge in [0, 0.05) is 17.1 Å². The molecular weight excluding hydrogens is 260 g/mol. The average molecular weight is 285 g/mol. The Morgan fingerprint density at radius 3 is 2.37 bits per heavy atom. The summed E-state index contributed by atoms with van der Waals surface area (Å²) in [5, 5.41) is 0.729. The summed E-state index contributed by atoms with van der Waals surface area (Å²) >= 11 is 6.36. The van der Waals surface area contributed by atoms with Crippen molar-refractivity contribution >= 4 is 11.6 Å². The molecule has 1 aromatic carbocycles. The molecule has 2 N–H and O–H groups in total. The van der Waals surface area contributed by atoms with Gasteiger partial charge in [0.25, 0.3) is 0 Å². The van der Waals surface area contributed by atoms with Gasteiger partial charge in [0.1, 0.15) is 5.75 Å². The molecule has 1 aromatic rings. The molecule has 0 aromatic heterocycles. The monoisotopic (exact) mass is 284 g/mol. The van der Waals surface area contributed by atoms with Gasteiger partial charge >= 0.3 is 0 Å². The summed E-state index contributed by atoms with van der Waals surface area (Å²) in [6.45, 7) is 6.94. The zero-order valence-corrected chi connectivity index (χ0v) is 12.9. The Bertz CT molecular complexity index is 378. The number of nitrogens with two attached hydrogens (primary N) is 1. The van der Waals surface area contributed by atoms with Crippen LogP contribution in [0.15, 0.2) is 18.2 Å². The first-order valence-electron chi connectivity index (χ1n) is 6.96. The molecule has 3 nitrogen and oxygen atoms in total. The zero-order chi connectivity index (χ0) is 14.3. The SMILES string of the molecule is CCCN(CCC)C(CN)c1c(Cl)cccc1OC. The Hall–Kier alpha value is -0.770. The smallest absolute Gasteiger partial charge is 0.125 e. The highest BCUT2D eigenvalue weighted by Crippen LogP contribution is 2.35. The molecule has 0 fully saturated rings. The van der Waals surface area contributed by atoms with E-state index in [1.165, 1.54) is 0 Å². The molecular formula is C15H25ClN2O. The van der Waals surface area contributed by atoms with Crippen LogP contribution < -0.4 is 10.5 Å². The topological polar surface area (TPSA) is 38.5 Å². The molecule has 19 heavy (non-hydrogen) atoms. The van der Waals surface area contributed by atoms with Crippen LogP contribution in [-0.4, -0.2) is 31.6 Å². The molecule has 1 atom stereocenters. The third kappa shape index (κ3) is 4.10. The summed E-state index contributed by atoms with van der Waals surface area (Å²) in [6, 6.07) is 5.86. The van der Waals surface area contributed by atoms with Crippen LogP contribution >= 0.6 is 11.6 Å². The van der Waals surface area contributed by atoms with Crippen molar-refractivity contribution in [3.05, 3.63) is 28.8 Å². The summed E-state index contributed by atoms with van der Waals surface area (Å²) < 4.78 is 5.45. The van der Waals surface area contributed by atoms with Crippen LogP contribution in [0, 0.1) is 0 Å². The first kappa shape index (κ1) is 16.3. The normalized spacial score (nSPS) is 12.7. The number of ether oxygens (including phenoxy) is 1. The van der Waals surface area contributed by atoms with Gasteiger partial charge in [-0.1, -0.05) is 31.5 Å². The molecule has 0 heterocycles. The van der Waals surface area contributed by atoms with Gasteiger partial charge in [0.05, 0.1) is 13.2 Å². The van der Waals surface area contributed by atoms with Gasteiger partial charge in [-0.05, 0) is 38.1 Å². The van der Waals surface area contributed by atoms with E-state index in [9.17, 15) is 0 Å². The lowest BCUT2D eigenvalue weighted by Crippen LogP contribution is -2.35. The maximum Gasteiger partial charge on any atom is 0.125 e. The van der Waals surface area contributed by atoms with Crippen molar-refractivity contribution < 1.29 is 4.74 Å². The Morgan fingerprint density at radius 1 is 1.26 bits per heavy atom. The second-order valence-corrected chi connectivity index (χ2v) is 5.05. The maximum atomic E-state index is 6.36. The summed E-state index contributed by atoms with van der Waals surface area (Å²) in [5.41, 5.74) is 7.01. The molecule has 0 aliphatic carbocycles. The molecule has 0 amide bonds. The highest BCUT2D eigenvalue weighted by atomic mass is 35.5. The molecule has 0 radical (unpaired) electrons. The van der Waals surface area contributed by atoms with Gasteiger partial charge in [-0.25, -0.2) is 0 Å². The minimum atomic E-state index is 0.114. The van der Waals surface area contributed by atoms with E-state index in [2.05, 4.69) is 18.7 Å². The average Bonchev–Trinajstić information content (AvgIpc) is 2.41. The van der Waals surface area contributed by atoms with Gasteiger partial charge in [0.15, 0.2) is 0 Å². The predicted molar refractivity (Wildman–Crippen MR) is 82.0 cm³/mol. The van der Waals surface area contributed by atoms with Gasteiger partial charge in [-0.15, -0.1) is 0 Å². The van der Waals surface area contributed by atoms with Crippen molar-refractivity contribution in [1.82, 2.24) is 4.90 Å². The van der Waals surface area contributed by atoms with Crippen LogP contribution in [0.25, 0.3) is 0 Å². The van der Waals surface area contributed by atoms with Crippen LogP contribution in [0.4, 0.5) is 0 Å². The number of hydrogen-bond donors (Lipinski definition) is 1. The summed E-state index contributed by atoms with van der Waals surface area (Å²) in [5.74, 6) is 0.820. The molecule has 1 rings (SSSR count). The highest BCUT2D eigenvalue weighted by molar-refractivity contribution is 6.31. The number of benzene rings is 1. The van der Waals surface area contributed by atoms with E-state index >= 15 is 0 Å². The van der Waals surface area contributed by atoms with Crippen molar-refractivity contribution in [3.8, 4) is 5.75 Å². The molecule has 108 valence electrons. The van der Waals surface area contributed by atoms with Crippen LogP contribution in [0.2, 0.25) is 5.02 Å². The first-order chi connectivity index (χ1) is 9.19. The summed E-state index contributed by atoms with van der Waals surface area (Å²) in [4.78, 5) is 2.39. The second kappa shape index (κ2) is 8.41. The number of nitrogens with zero attached hydrogens (tertiary/aromatic N) is 1. The van der Waals surface area contributed by atoms with Crippen molar-refractivity contribution in [3.63, 3.8) is 0 Å². The van der Waals surface area contributed by atoms with E-state index in [1.54, 1.807) is 7.11 Å². The molecule has 4 heteroatoms. The molecule has 0 saturated carbocycles. The Kier molecular flexibility index (Phi) is 7.21. The fraction of sp³-hybridized carbons (Fsp3) is 0.600. The van der Waals surface area contributed by atoms with E-state index in [0.717, 1.165) is 42.3 Å². The highest BCUT2D eigenvalue weighted by Gasteiger charge is 2.23. The summed E-state index contributed by atoms with van der Waals surface area (Å²) in [6.07, 6.45) is 2.20. The van der Waals surface area contributed by atoms with Crippen molar-refractivity contribution in [2.75, 3.05) is 26.7 Å². The van der Waals surface area contributed by atoms with Gasteiger partial charge in [-0.3, -0.25) is 4.90 Å². The largest absolute Gasteiger partial charge is 0.496 e. The first-order valence-corrected chi connectivity index (χ1v) is 7.33. The van der Waals surface area contributed by atoms with E-state index < -0.39 is 0 Å². The molecule has 0 aliphatic rings. The summed E-state index contributed by atoms with van der Waals surface area (Å²) in [7, 11) is 1.67. The van der Waals surface area contributed by atoms with E-state index in [0.29, 0.717) is 6.54 Å². The molecule has 0 aliphatic heterocycles. The zero-order valence-electron chi connectivity index (χ0n) is 12.2. The maximum absolute atomic E-state index is 6.36. The number of halogens is 1. The van der Waals surface area contributed by atoms with Crippen molar-refractivity contribution in [1.29, 1.82) is 0 Å². The molecule has 0 spiro atoms. The second-order valence-electron chi connectivity index (χ2n) is 4.64. The number of methoxy groups -OCH3 is 1. The van der Waals surface area contributed by atoms with Crippen LogP contribution in [0.3, 0.4) is 0 Å². The van der Waals surface area contributed by atoms with Gasteiger partial charge in [0.2, 0.25) is 0 Å². The Labute approximate surface area is 121 Å². The van der Waals surface area contributed by atoms with Gasteiger partial charge in [-0.2, -0.15) is 0 Å². The van der Waals surface area contributed by atoms with Crippen molar-refractivity contribution in [2.45, 2.75) is 32.7 Å². The lowest BCUT2D eigenvalue weighted by molar-refractivity contribution is 0.198. The minimum Gasteiger partial charge on any atom is -0.496 e. The lowest BCUT2D eigenvalue weighted by Gasteiger charge is -2.32. The van der Waals surface area contributed by atoms with E-state index in [4.69, 9.17) is 22.1 Å². The molecule has 0 saturated heterocycles. The molecule has 0 bridgehead atoms. The lowest BCUT2D eigenvalue weighted by atomic mass is 10.0. The molecule has 1 unspecified atom stereocenters. The number of rotatable bonds is 8. The van der Waals surface area contributed by atoms with E-state index in [-0.39, 0.29) is 6.04 Å². The Balaban J connectivity index is 3.13. The van der Waals surface area contributed by atoms with Crippen LogP contribution in [-0.2, 0) is 0 Å². The van der Waals surface area contributed by atoms with E-state index in [1.807, 2.05) is 18.2 Å².